The molecule has 1 aromatic rings. The first-order valence-corrected chi connectivity index (χ1v) is 5.20. The molecular weight excluding hydrogens is 257 g/mol. The van der Waals surface area contributed by atoms with Gasteiger partial charge in [-0.25, -0.2) is 4.98 Å². The van der Waals surface area contributed by atoms with Crippen LogP contribution in [0.15, 0.2) is 6.20 Å². The normalized spacial score (nSPS) is 11.9. The number of nitrogens with two attached hydrogens (primary N) is 1. The van der Waals surface area contributed by atoms with E-state index in [1.165, 1.54) is 6.20 Å². The summed E-state index contributed by atoms with van der Waals surface area (Å²) < 4.78 is 37.3. The summed E-state index contributed by atoms with van der Waals surface area (Å²) in [4.78, 5) is 8.37. The van der Waals surface area contributed by atoms with Gasteiger partial charge in [0.1, 0.15) is 11.6 Å². The fourth-order valence-corrected chi connectivity index (χ4v) is 1.47. The van der Waals surface area contributed by atoms with Crippen molar-refractivity contribution in [2.24, 2.45) is 0 Å². The number of nitrogen functional groups attached to an aromatic ring is 1. The average Bonchev–Trinajstić information content (AvgIpc) is 2.17. The van der Waals surface area contributed by atoms with Crippen molar-refractivity contribution in [2.75, 3.05) is 17.2 Å². The van der Waals surface area contributed by atoms with Crippen molar-refractivity contribution in [3.63, 3.8) is 0 Å². The lowest BCUT2D eigenvalue weighted by molar-refractivity contribution is -0.120. The second-order valence-corrected chi connectivity index (χ2v) is 4.14. The molecule has 0 amide bonds. The van der Waals surface area contributed by atoms with Crippen molar-refractivity contribution in [3.05, 3.63) is 11.2 Å². The van der Waals surface area contributed by atoms with Crippen molar-refractivity contribution in [3.8, 4) is 0 Å². The summed E-state index contributed by atoms with van der Waals surface area (Å²) in [7, 11) is 0. The molecule has 0 spiro atoms. The molecule has 1 aromatic heterocycles. The fourth-order valence-electron chi connectivity index (χ4n) is 1.27. The molecule has 0 saturated heterocycles. The molecule has 96 valence electrons. The molecule has 0 aliphatic carbocycles. The molecule has 0 aliphatic rings. The maximum Gasteiger partial charge on any atom is 0.405 e. The van der Waals surface area contributed by atoms with Gasteiger partial charge in [0.15, 0.2) is 5.82 Å². The Morgan fingerprint density at radius 1 is 1.47 bits per heavy atom. The average molecular weight is 269 g/mol. The van der Waals surface area contributed by atoms with Crippen molar-refractivity contribution in [1.29, 1.82) is 0 Å². The Kier molecular flexibility index (Phi) is 4.03. The highest BCUT2D eigenvalue weighted by atomic mass is 35.5. The van der Waals surface area contributed by atoms with Crippen LogP contribution >= 0.6 is 11.6 Å². The molecule has 0 aliphatic heterocycles. The van der Waals surface area contributed by atoms with Crippen LogP contribution in [0.3, 0.4) is 0 Å². The number of rotatable bonds is 3. The number of hydrogen-bond donors (Lipinski definition) is 1. The summed E-state index contributed by atoms with van der Waals surface area (Å²) in [5, 5.41) is 0.0390. The second-order valence-electron chi connectivity index (χ2n) is 3.74. The van der Waals surface area contributed by atoms with Gasteiger partial charge in [0.25, 0.3) is 0 Å². The highest BCUT2D eigenvalue weighted by Crippen LogP contribution is 2.28. The highest BCUT2D eigenvalue weighted by molar-refractivity contribution is 6.32. The van der Waals surface area contributed by atoms with Crippen LogP contribution in [0, 0.1) is 0 Å². The van der Waals surface area contributed by atoms with Gasteiger partial charge in [-0.2, -0.15) is 18.2 Å². The molecule has 1 rings (SSSR count). The molecule has 2 N–H and O–H groups in total. The molecule has 0 aromatic carbocycles. The Hall–Kier alpha value is -1.24. The number of nitrogens with zero attached hydrogens (tertiary/aromatic N) is 3. The van der Waals surface area contributed by atoms with Gasteiger partial charge in [-0.1, -0.05) is 11.6 Å². The van der Waals surface area contributed by atoms with Crippen molar-refractivity contribution in [1.82, 2.24) is 9.97 Å². The van der Waals surface area contributed by atoms with E-state index in [2.05, 4.69) is 9.97 Å². The molecule has 0 atom stereocenters. The first-order valence-electron chi connectivity index (χ1n) is 4.82. The van der Waals surface area contributed by atoms with E-state index in [9.17, 15) is 13.2 Å². The van der Waals surface area contributed by atoms with Gasteiger partial charge >= 0.3 is 6.18 Å². The van der Waals surface area contributed by atoms with E-state index in [4.69, 9.17) is 17.3 Å². The Labute approximate surface area is 102 Å². The van der Waals surface area contributed by atoms with Gasteiger partial charge in [0.05, 0.1) is 6.20 Å². The Morgan fingerprint density at radius 3 is 2.53 bits per heavy atom. The van der Waals surface area contributed by atoms with E-state index < -0.39 is 18.8 Å². The maximum atomic E-state index is 12.4. The molecule has 0 fully saturated rings. The lowest BCUT2D eigenvalue weighted by Crippen LogP contribution is -2.40. The van der Waals surface area contributed by atoms with Gasteiger partial charge in [-0.05, 0) is 13.8 Å². The van der Waals surface area contributed by atoms with Crippen molar-refractivity contribution < 1.29 is 13.2 Å². The largest absolute Gasteiger partial charge is 0.405 e. The summed E-state index contributed by atoms with van der Waals surface area (Å²) in [6.07, 6.45) is -3.15. The van der Waals surface area contributed by atoms with Crippen LogP contribution in [0.4, 0.5) is 24.9 Å². The van der Waals surface area contributed by atoms with E-state index in [1.54, 1.807) is 13.8 Å². The summed E-state index contributed by atoms with van der Waals surface area (Å²) in [5.74, 6) is -0.122. The molecule has 0 bridgehead atoms. The third-order valence-electron chi connectivity index (χ3n) is 1.99. The number of halogens is 4. The van der Waals surface area contributed by atoms with Gasteiger partial charge in [-0.15, -0.1) is 0 Å². The van der Waals surface area contributed by atoms with Gasteiger partial charge in [0, 0.05) is 6.04 Å². The van der Waals surface area contributed by atoms with Crippen molar-refractivity contribution in [2.45, 2.75) is 26.1 Å². The first-order chi connectivity index (χ1) is 7.70. The van der Waals surface area contributed by atoms with Gasteiger partial charge in [-0.3, -0.25) is 0 Å². The smallest absolute Gasteiger partial charge is 0.368 e. The quantitative estimate of drug-likeness (QED) is 0.915. The van der Waals surface area contributed by atoms with E-state index in [0.29, 0.717) is 0 Å². The predicted molar refractivity (Wildman–Crippen MR) is 60.0 cm³/mol. The molecule has 17 heavy (non-hydrogen) atoms. The van der Waals surface area contributed by atoms with Crippen LogP contribution in [-0.4, -0.2) is 28.7 Å². The molecule has 4 nitrogen and oxygen atoms in total. The maximum absolute atomic E-state index is 12.4. The Bertz CT molecular complexity index is 394. The molecule has 8 heteroatoms. The zero-order valence-corrected chi connectivity index (χ0v) is 10.0. The number of aromatic nitrogens is 2. The second kappa shape index (κ2) is 4.95. The van der Waals surface area contributed by atoms with Crippen LogP contribution in [-0.2, 0) is 0 Å². The Balaban J connectivity index is 3.10. The highest BCUT2D eigenvalue weighted by Gasteiger charge is 2.33. The molecule has 0 radical (unpaired) electrons. The summed E-state index contributed by atoms with van der Waals surface area (Å²) in [6, 6.07) is -0.413. The fraction of sp³-hybridized carbons (Fsp3) is 0.556. The monoisotopic (exact) mass is 268 g/mol. The summed E-state index contributed by atoms with van der Waals surface area (Å²) in [6.45, 7) is 2.08. The minimum atomic E-state index is -4.34. The minimum absolute atomic E-state index is 0.00788. The van der Waals surface area contributed by atoms with Crippen LogP contribution < -0.4 is 10.6 Å². The van der Waals surface area contributed by atoms with Crippen molar-refractivity contribution >= 4 is 23.4 Å². The molecular formula is C9H12ClF3N4. The van der Waals surface area contributed by atoms with Crippen LogP contribution in [0.25, 0.3) is 0 Å². The first kappa shape index (κ1) is 13.8. The minimum Gasteiger partial charge on any atom is -0.368 e. The van der Waals surface area contributed by atoms with Gasteiger partial charge < -0.3 is 10.6 Å². The summed E-state index contributed by atoms with van der Waals surface area (Å²) in [5.41, 5.74) is 5.34. The number of hydrogen-bond acceptors (Lipinski definition) is 4. The molecule has 0 saturated carbocycles. The zero-order chi connectivity index (χ0) is 13.2. The summed E-state index contributed by atoms with van der Waals surface area (Å²) >= 11 is 5.77. The van der Waals surface area contributed by atoms with E-state index in [0.717, 1.165) is 4.90 Å². The topological polar surface area (TPSA) is 55.0 Å². The van der Waals surface area contributed by atoms with E-state index in [-0.39, 0.29) is 16.8 Å². The van der Waals surface area contributed by atoms with Crippen LogP contribution in [0.2, 0.25) is 5.02 Å². The van der Waals surface area contributed by atoms with E-state index in [1.807, 2.05) is 0 Å². The van der Waals surface area contributed by atoms with Gasteiger partial charge in [0.2, 0.25) is 5.95 Å². The molecule has 1 heterocycles. The third kappa shape index (κ3) is 3.92. The van der Waals surface area contributed by atoms with E-state index >= 15 is 0 Å². The standard InChI is InChI=1S/C9H12ClF3N4/c1-5(2)17(4-9(11,12)13)7-6(10)3-15-8(14)16-7/h3,5H,4H2,1-2H3,(H2,14,15,16). The third-order valence-corrected chi connectivity index (χ3v) is 2.26. The SMILES string of the molecule is CC(C)N(CC(F)(F)F)c1nc(N)ncc1Cl. The van der Waals surface area contributed by atoms with Crippen LogP contribution in [0.1, 0.15) is 13.8 Å². The number of alkyl halides is 3. The lowest BCUT2D eigenvalue weighted by atomic mass is 10.3. The Morgan fingerprint density at radius 2 is 2.06 bits per heavy atom. The number of anilines is 2. The van der Waals surface area contributed by atoms with Crippen LogP contribution in [0.5, 0.6) is 0 Å². The zero-order valence-electron chi connectivity index (χ0n) is 9.29. The molecule has 0 unspecified atom stereocenters. The predicted octanol–water partition coefficient (Wildman–Crippen LogP) is 2.49. The lowest BCUT2D eigenvalue weighted by Gasteiger charge is -2.29.